The predicted molar refractivity (Wildman–Crippen MR) is 64.2 cm³/mol. The van der Waals surface area contributed by atoms with Gasteiger partial charge in [-0.05, 0) is 28.8 Å². The maximum absolute atomic E-state index is 9.59. The molecule has 3 nitrogen and oxygen atoms in total. The molecule has 2 rings (SSSR count). The van der Waals surface area contributed by atoms with Crippen LogP contribution < -0.4 is 0 Å². The lowest BCUT2D eigenvalue weighted by Gasteiger charge is -2.04. The van der Waals surface area contributed by atoms with Crippen molar-refractivity contribution < 1.29 is 10.2 Å². The fourth-order valence-corrected chi connectivity index (χ4v) is 1.61. The number of hydrogen-bond donors (Lipinski definition) is 2. The summed E-state index contributed by atoms with van der Waals surface area (Å²) in [7, 11) is 0. The molecule has 0 aliphatic carbocycles. The summed E-state index contributed by atoms with van der Waals surface area (Å²) in [6.07, 6.45) is 0. The van der Waals surface area contributed by atoms with Gasteiger partial charge >= 0.3 is 0 Å². The Morgan fingerprint density at radius 1 is 1.00 bits per heavy atom. The Hall–Kier alpha value is -2.31. The zero-order valence-corrected chi connectivity index (χ0v) is 9.09. The zero-order valence-electron chi connectivity index (χ0n) is 9.09. The van der Waals surface area contributed by atoms with E-state index >= 15 is 0 Å². The van der Waals surface area contributed by atoms with Crippen LogP contribution in [0.15, 0.2) is 42.5 Å². The molecular formula is C14H11NO2. The van der Waals surface area contributed by atoms with E-state index in [1.165, 1.54) is 0 Å². The number of nitrogens with zero attached hydrogens (tertiary/aromatic N) is 1. The molecular weight excluding hydrogens is 214 g/mol. The highest BCUT2D eigenvalue weighted by Gasteiger charge is 2.03. The fraction of sp³-hybridized carbons (Fsp3) is 0.0714. The highest BCUT2D eigenvalue weighted by atomic mass is 16.3. The second kappa shape index (κ2) is 4.69. The second-order valence-corrected chi connectivity index (χ2v) is 3.70. The van der Waals surface area contributed by atoms with Gasteiger partial charge in [-0.25, -0.2) is 0 Å². The molecule has 0 saturated heterocycles. The molecule has 0 aromatic heterocycles. The van der Waals surface area contributed by atoms with Crippen molar-refractivity contribution in [3.63, 3.8) is 0 Å². The average molecular weight is 225 g/mol. The average Bonchev–Trinajstić information content (AvgIpc) is 2.39. The molecule has 2 aromatic carbocycles. The summed E-state index contributed by atoms with van der Waals surface area (Å²) in [5.41, 5.74) is 2.88. The van der Waals surface area contributed by atoms with E-state index in [9.17, 15) is 5.11 Å². The van der Waals surface area contributed by atoms with Gasteiger partial charge in [-0.1, -0.05) is 30.3 Å². The van der Waals surface area contributed by atoms with E-state index in [1.54, 1.807) is 18.2 Å². The quantitative estimate of drug-likeness (QED) is 0.824. The van der Waals surface area contributed by atoms with Gasteiger partial charge in [-0.3, -0.25) is 0 Å². The summed E-state index contributed by atoms with van der Waals surface area (Å²) in [6, 6.07) is 14.2. The van der Waals surface area contributed by atoms with Gasteiger partial charge in [0.25, 0.3) is 0 Å². The SMILES string of the molecule is N#Cc1ccc(-c2ccc(CO)cc2)cc1O. The van der Waals surface area contributed by atoms with Crippen molar-refractivity contribution in [2.24, 2.45) is 0 Å². The van der Waals surface area contributed by atoms with E-state index in [2.05, 4.69) is 0 Å². The lowest BCUT2D eigenvalue weighted by atomic mass is 10.0. The van der Waals surface area contributed by atoms with Crippen LogP contribution in [0.1, 0.15) is 11.1 Å². The minimum Gasteiger partial charge on any atom is -0.507 e. The van der Waals surface area contributed by atoms with Crippen LogP contribution in [0.25, 0.3) is 11.1 Å². The Labute approximate surface area is 99.2 Å². The van der Waals surface area contributed by atoms with Crippen molar-refractivity contribution in [2.45, 2.75) is 6.61 Å². The van der Waals surface area contributed by atoms with Crippen LogP contribution in [-0.2, 0) is 6.61 Å². The van der Waals surface area contributed by atoms with Gasteiger partial charge in [-0.15, -0.1) is 0 Å². The lowest BCUT2D eigenvalue weighted by Crippen LogP contribution is -1.84. The molecule has 84 valence electrons. The Bertz CT molecular complexity index is 568. The molecule has 2 aromatic rings. The second-order valence-electron chi connectivity index (χ2n) is 3.70. The van der Waals surface area contributed by atoms with Gasteiger partial charge in [0, 0.05) is 0 Å². The van der Waals surface area contributed by atoms with Gasteiger partial charge in [0.05, 0.1) is 12.2 Å². The van der Waals surface area contributed by atoms with Gasteiger partial charge in [-0.2, -0.15) is 5.26 Å². The van der Waals surface area contributed by atoms with E-state index in [1.807, 2.05) is 30.3 Å². The summed E-state index contributed by atoms with van der Waals surface area (Å²) in [6.45, 7) is 0.0128. The largest absolute Gasteiger partial charge is 0.507 e. The summed E-state index contributed by atoms with van der Waals surface area (Å²) in [5, 5.41) is 27.2. The number of aliphatic hydroxyl groups excluding tert-OH is 1. The van der Waals surface area contributed by atoms with Crippen LogP contribution in [0.2, 0.25) is 0 Å². The lowest BCUT2D eigenvalue weighted by molar-refractivity contribution is 0.282. The van der Waals surface area contributed by atoms with Gasteiger partial charge in [0.2, 0.25) is 0 Å². The van der Waals surface area contributed by atoms with E-state index in [0.29, 0.717) is 0 Å². The normalized spacial score (nSPS) is 9.88. The highest BCUT2D eigenvalue weighted by molar-refractivity contribution is 5.67. The Morgan fingerprint density at radius 3 is 2.18 bits per heavy atom. The number of phenolic OH excluding ortho intramolecular Hbond substituents is 1. The Morgan fingerprint density at radius 2 is 1.65 bits per heavy atom. The molecule has 0 saturated carbocycles. The third-order valence-electron chi connectivity index (χ3n) is 2.59. The van der Waals surface area contributed by atoms with Crippen molar-refractivity contribution in [1.82, 2.24) is 0 Å². The van der Waals surface area contributed by atoms with E-state index in [0.717, 1.165) is 16.7 Å². The van der Waals surface area contributed by atoms with Crippen LogP contribution >= 0.6 is 0 Å². The van der Waals surface area contributed by atoms with Crippen molar-refractivity contribution in [2.75, 3.05) is 0 Å². The first-order chi connectivity index (χ1) is 8.24. The third kappa shape index (κ3) is 2.27. The first-order valence-electron chi connectivity index (χ1n) is 5.18. The molecule has 0 atom stereocenters. The summed E-state index contributed by atoms with van der Waals surface area (Å²) < 4.78 is 0. The number of benzene rings is 2. The van der Waals surface area contributed by atoms with Crippen LogP contribution in [0, 0.1) is 11.3 Å². The van der Waals surface area contributed by atoms with Crippen molar-refractivity contribution in [3.05, 3.63) is 53.6 Å². The van der Waals surface area contributed by atoms with Gasteiger partial charge in [0.15, 0.2) is 0 Å². The number of rotatable bonds is 2. The molecule has 0 amide bonds. The standard InChI is InChI=1S/C14H11NO2/c15-8-13-6-5-12(7-14(13)17)11-3-1-10(9-16)2-4-11/h1-7,16-17H,9H2. The molecule has 0 heterocycles. The topological polar surface area (TPSA) is 64.2 Å². The molecule has 0 aliphatic rings. The smallest absolute Gasteiger partial charge is 0.133 e. The van der Waals surface area contributed by atoms with Crippen molar-refractivity contribution >= 4 is 0 Å². The fourth-order valence-electron chi connectivity index (χ4n) is 1.61. The first-order valence-corrected chi connectivity index (χ1v) is 5.18. The minimum atomic E-state index is -0.0174. The van der Waals surface area contributed by atoms with Crippen LogP contribution in [0.3, 0.4) is 0 Å². The van der Waals surface area contributed by atoms with E-state index < -0.39 is 0 Å². The Kier molecular flexibility index (Phi) is 3.08. The summed E-state index contributed by atoms with van der Waals surface area (Å²) in [5.74, 6) is -0.0174. The first kappa shape index (κ1) is 11.2. The summed E-state index contributed by atoms with van der Waals surface area (Å²) in [4.78, 5) is 0. The molecule has 17 heavy (non-hydrogen) atoms. The minimum absolute atomic E-state index is 0.0128. The van der Waals surface area contributed by atoms with Crippen molar-refractivity contribution in [3.8, 4) is 22.9 Å². The number of aromatic hydroxyl groups is 1. The number of aliphatic hydroxyl groups is 1. The monoisotopic (exact) mass is 225 g/mol. The molecule has 0 unspecified atom stereocenters. The molecule has 2 N–H and O–H groups in total. The number of nitriles is 1. The van der Waals surface area contributed by atoms with Crippen molar-refractivity contribution in [1.29, 1.82) is 5.26 Å². The number of phenols is 1. The highest BCUT2D eigenvalue weighted by Crippen LogP contribution is 2.26. The summed E-state index contributed by atoms with van der Waals surface area (Å²) >= 11 is 0. The van der Waals surface area contributed by atoms with Crippen LogP contribution in [-0.4, -0.2) is 10.2 Å². The predicted octanol–water partition coefficient (Wildman–Crippen LogP) is 2.42. The maximum atomic E-state index is 9.59. The molecule has 0 fully saturated rings. The van der Waals surface area contributed by atoms with Crippen LogP contribution in [0.5, 0.6) is 5.75 Å². The van der Waals surface area contributed by atoms with Gasteiger partial charge < -0.3 is 10.2 Å². The Balaban J connectivity index is 2.40. The zero-order chi connectivity index (χ0) is 12.3. The molecule has 0 aliphatic heterocycles. The molecule has 0 radical (unpaired) electrons. The molecule has 3 heteroatoms. The third-order valence-corrected chi connectivity index (χ3v) is 2.59. The molecule has 0 bridgehead atoms. The van der Waals surface area contributed by atoms with Crippen LogP contribution in [0.4, 0.5) is 0 Å². The van der Waals surface area contributed by atoms with E-state index in [-0.39, 0.29) is 17.9 Å². The number of hydrogen-bond acceptors (Lipinski definition) is 3. The molecule has 0 spiro atoms. The van der Waals surface area contributed by atoms with E-state index in [4.69, 9.17) is 10.4 Å². The van der Waals surface area contributed by atoms with Gasteiger partial charge in [0.1, 0.15) is 11.8 Å². The maximum Gasteiger partial charge on any atom is 0.133 e.